The Morgan fingerprint density at radius 1 is 0.743 bits per heavy atom. The van der Waals surface area contributed by atoms with E-state index in [1.807, 2.05) is 119 Å². The van der Waals surface area contributed by atoms with Crippen molar-refractivity contribution in [1.82, 2.24) is 5.32 Å². The molecule has 1 amide bonds. The fourth-order valence-electron chi connectivity index (χ4n) is 3.71. The number of hydrogen-bond donors (Lipinski definition) is 1. The molecule has 0 aromatic heterocycles. The first-order chi connectivity index (χ1) is 16.9. The number of nitrogens with one attached hydrogen (secondary N) is 1. The van der Waals surface area contributed by atoms with Gasteiger partial charge in [0.25, 0.3) is 0 Å². The Morgan fingerprint density at radius 2 is 1.23 bits per heavy atom. The minimum atomic E-state index is -0.764. The predicted octanol–water partition coefficient (Wildman–Crippen LogP) is 5.43. The molecule has 3 aromatic rings. The summed E-state index contributed by atoms with van der Waals surface area (Å²) in [6, 6.07) is 27.7. The summed E-state index contributed by atoms with van der Waals surface area (Å²) < 4.78 is 5.52. The third kappa shape index (κ3) is 7.38. The van der Waals surface area contributed by atoms with Gasteiger partial charge in [0, 0.05) is 11.1 Å². The van der Waals surface area contributed by atoms with E-state index in [0.717, 1.165) is 22.4 Å². The number of aliphatic imine (C=N–C) groups is 1. The van der Waals surface area contributed by atoms with Crippen LogP contribution < -0.4 is 5.32 Å². The van der Waals surface area contributed by atoms with Crippen molar-refractivity contribution >= 4 is 17.6 Å². The molecule has 0 saturated carbocycles. The number of hydrogen-bond acceptors (Lipinski definition) is 4. The zero-order valence-electron chi connectivity index (χ0n) is 20.8. The van der Waals surface area contributed by atoms with Crippen molar-refractivity contribution in [3.8, 4) is 0 Å². The van der Waals surface area contributed by atoms with Crippen molar-refractivity contribution in [2.45, 2.75) is 46.4 Å². The second-order valence-electron chi connectivity index (χ2n) is 9.22. The van der Waals surface area contributed by atoms with Gasteiger partial charge in [0.1, 0.15) is 18.7 Å². The summed E-state index contributed by atoms with van der Waals surface area (Å²) in [6.07, 6.45) is 0. The van der Waals surface area contributed by atoms with E-state index >= 15 is 0 Å². The van der Waals surface area contributed by atoms with E-state index in [4.69, 9.17) is 9.73 Å². The van der Waals surface area contributed by atoms with Crippen molar-refractivity contribution in [2.24, 2.45) is 16.8 Å². The van der Waals surface area contributed by atoms with Crippen LogP contribution in [0.15, 0.2) is 96.0 Å². The van der Waals surface area contributed by atoms with Crippen LogP contribution in [0.4, 0.5) is 0 Å². The van der Waals surface area contributed by atoms with Gasteiger partial charge in [-0.25, -0.2) is 4.79 Å². The largest absolute Gasteiger partial charge is 0.459 e. The zero-order valence-corrected chi connectivity index (χ0v) is 20.8. The van der Waals surface area contributed by atoms with Crippen LogP contribution in [0.25, 0.3) is 0 Å². The quantitative estimate of drug-likeness (QED) is 0.317. The van der Waals surface area contributed by atoms with Crippen molar-refractivity contribution in [1.29, 1.82) is 0 Å². The van der Waals surface area contributed by atoms with Gasteiger partial charge in [-0.3, -0.25) is 9.79 Å². The normalized spacial score (nSPS) is 12.6. The highest BCUT2D eigenvalue weighted by Gasteiger charge is 2.30. The first-order valence-electron chi connectivity index (χ1n) is 12.1. The van der Waals surface area contributed by atoms with Gasteiger partial charge in [0.15, 0.2) is 0 Å². The zero-order chi connectivity index (χ0) is 25.2. The van der Waals surface area contributed by atoms with E-state index in [2.05, 4.69) is 5.32 Å². The number of amides is 1. The topological polar surface area (TPSA) is 67.8 Å². The molecule has 2 unspecified atom stereocenters. The summed E-state index contributed by atoms with van der Waals surface area (Å²) in [4.78, 5) is 31.3. The van der Waals surface area contributed by atoms with Crippen molar-refractivity contribution < 1.29 is 14.3 Å². The molecule has 0 aliphatic rings. The molecule has 3 aromatic carbocycles. The Kier molecular flexibility index (Phi) is 9.36. The summed E-state index contributed by atoms with van der Waals surface area (Å²) in [5.74, 6) is -0.956. The minimum Gasteiger partial charge on any atom is -0.459 e. The van der Waals surface area contributed by atoms with Crippen molar-refractivity contribution in [3.05, 3.63) is 108 Å². The highest BCUT2D eigenvalue weighted by molar-refractivity contribution is 6.13. The number of carbonyl (C=O) groups is 2. The van der Waals surface area contributed by atoms with Crippen molar-refractivity contribution in [2.75, 3.05) is 0 Å². The maximum Gasteiger partial charge on any atom is 0.329 e. The molecule has 0 bridgehead atoms. The van der Waals surface area contributed by atoms with Crippen LogP contribution in [0.5, 0.6) is 0 Å². The van der Waals surface area contributed by atoms with Crippen LogP contribution in [0.3, 0.4) is 0 Å². The molecular weight excluding hydrogens is 436 g/mol. The number of rotatable bonds is 10. The number of nitrogens with zero attached hydrogens (tertiary/aromatic N) is 1. The van der Waals surface area contributed by atoms with E-state index in [-0.39, 0.29) is 24.3 Å². The maximum absolute atomic E-state index is 13.5. The molecule has 0 saturated heterocycles. The Labute approximate surface area is 208 Å². The Balaban J connectivity index is 1.83. The van der Waals surface area contributed by atoms with Gasteiger partial charge in [0.05, 0.1) is 5.71 Å². The van der Waals surface area contributed by atoms with Gasteiger partial charge in [-0.1, -0.05) is 119 Å². The first kappa shape index (κ1) is 25.9. The van der Waals surface area contributed by atoms with Crippen LogP contribution in [0.2, 0.25) is 0 Å². The molecule has 0 aliphatic heterocycles. The van der Waals surface area contributed by atoms with Gasteiger partial charge in [-0.2, -0.15) is 0 Å². The molecule has 2 atom stereocenters. The van der Waals surface area contributed by atoms with E-state index < -0.39 is 18.1 Å². The SMILES string of the molecule is CC(C)C(N=C(c1ccccc1)c1ccccc1)C(=O)NC(C(=O)OCc1ccccc1)C(C)C. The third-order valence-corrected chi connectivity index (χ3v) is 5.71. The molecule has 5 nitrogen and oxygen atoms in total. The molecule has 0 spiro atoms. The Hall–Kier alpha value is -3.73. The summed E-state index contributed by atoms with van der Waals surface area (Å²) in [7, 11) is 0. The average molecular weight is 471 g/mol. The molecule has 3 rings (SSSR count). The van der Waals surface area contributed by atoms with Crippen LogP contribution in [0, 0.1) is 11.8 Å². The average Bonchev–Trinajstić information content (AvgIpc) is 2.87. The molecule has 0 heterocycles. The molecule has 0 aliphatic carbocycles. The summed E-state index contributed by atoms with van der Waals surface area (Å²) in [6.45, 7) is 7.86. The lowest BCUT2D eigenvalue weighted by Gasteiger charge is -2.25. The number of benzene rings is 3. The lowest BCUT2D eigenvalue weighted by molar-refractivity contribution is -0.150. The molecule has 0 fully saturated rings. The van der Waals surface area contributed by atoms with Crippen LogP contribution in [-0.4, -0.2) is 29.7 Å². The second kappa shape index (κ2) is 12.7. The third-order valence-electron chi connectivity index (χ3n) is 5.71. The fourth-order valence-corrected chi connectivity index (χ4v) is 3.71. The maximum atomic E-state index is 13.5. The first-order valence-corrected chi connectivity index (χ1v) is 12.1. The van der Waals surface area contributed by atoms with E-state index in [9.17, 15) is 9.59 Å². The highest BCUT2D eigenvalue weighted by atomic mass is 16.5. The summed E-state index contributed by atoms with van der Waals surface area (Å²) in [5.41, 5.74) is 3.50. The highest BCUT2D eigenvalue weighted by Crippen LogP contribution is 2.17. The molecule has 5 heteroatoms. The lowest BCUT2D eigenvalue weighted by atomic mass is 9.98. The van der Waals surface area contributed by atoms with Crippen molar-refractivity contribution in [3.63, 3.8) is 0 Å². The number of carbonyl (C=O) groups excluding carboxylic acids is 2. The van der Waals surface area contributed by atoms with Gasteiger partial charge < -0.3 is 10.1 Å². The molecular formula is C30H34N2O3. The molecule has 182 valence electrons. The summed E-state index contributed by atoms with van der Waals surface area (Å²) in [5, 5.41) is 2.92. The van der Waals surface area contributed by atoms with Gasteiger partial charge >= 0.3 is 5.97 Å². The standard InChI is InChI=1S/C30H34N2O3/c1-21(2)26(31-28(24-16-10-6-11-17-24)25-18-12-7-13-19-25)29(33)32-27(22(3)4)30(34)35-20-23-14-8-5-9-15-23/h5-19,21-22,26-27H,20H2,1-4H3,(H,32,33). The van der Waals surface area contributed by atoms with Gasteiger partial charge in [-0.05, 0) is 17.4 Å². The molecule has 1 N–H and O–H groups in total. The smallest absolute Gasteiger partial charge is 0.329 e. The van der Waals surface area contributed by atoms with Crippen LogP contribution in [-0.2, 0) is 20.9 Å². The van der Waals surface area contributed by atoms with Gasteiger partial charge in [0.2, 0.25) is 5.91 Å². The molecule has 0 radical (unpaired) electrons. The Morgan fingerprint density at radius 3 is 1.69 bits per heavy atom. The molecule has 35 heavy (non-hydrogen) atoms. The fraction of sp³-hybridized carbons (Fsp3) is 0.300. The number of ether oxygens (including phenoxy) is 1. The minimum absolute atomic E-state index is 0.0782. The second-order valence-corrected chi connectivity index (χ2v) is 9.22. The predicted molar refractivity (Wildman–Crippen MR) is 140 cm³/mol. The van der Waals surface area contributed by atoms with E-state index in [1.54, 1.807) is 0 Å². The van der Waals surface area contributed by atoms with E-state index in [1.165, 1.54) is 0 Å². The summed E-state index contributed by atoms with van der Waals surface area (Å²) >= 11 is 0. The van der Waals surface area contributed by atoms with E-state index in [0.29, 0.717) is 0 Å². The van der Waals surface area contributed by atoms with Crippen LogP contribution >= 0.6 is 0 Å². The van der Waals surface area contributed by atoms with Gasteiger partial charge in [-0.15, -0.1) is 0 Å². The lowest BCUT2D eigenvalue weighted by Crippen LogP contribution is -2.49. The Bertz CT molecular complexity index is 1070. The monoisotopic (exact) mass is 470 g/mol. The number of esters is 1. The van der Waals surface area contributed by atoms with Crippen LogP contribution in [0.1, 0.15) is 44.4 Å².